The van der Waals surface area contributed by atoms with Crippen molar-refractivity contribution in [1.29, 1.82) is 0 Å². The molecule has 0 bridgehead atoms. The van der Waals surface area contributed by atoms with E-state index in [4.69, 9.17) is 0 Å². The third-order valence-electron chi connectivity index (χ3n) is 3.06. The van der Waals surface area contributed by atoms with Crippen molar-refractivity contribution in [3.05, 3.63) is 0 Å². The van der Waals surface area contributed by atoms with Gasteiger partial charge in [-0.3, -0.25) is 0 Å². The SMILES string of the molecule is CCCCC(CC)[C@H](C(C)C)C(F)(F)F. The molecule has 0 rings (SSSR count). The Kier molecular flexibility index (Phi) is 6.30. The van der Waals surface area contributed by atoms with Gasteiger partial charge in [-0.25, -0.2) is 0 Å². The normalized spacial score (nSPS) is 16.8. The van der Waals surface area contributed by atoms with Crippen molar-refractivity contribution in [2.75, 3.05) is 0 Å². The molecule has 0 saturated heterocycles. The highest BCUT2D eigenvalue weighted by Crippen LogP contribution is 2.40. The van der Waals surface area contributed by atoms with Crippen LogP contribution in [0.25, 0.3) is 0 Å². The second-order valence-corrected chi connectivity index (χ2v) is 4.62. The van der Waals surface area contributed by atoms with Crippen molar-refractivity contribution in [2.24, 2.45) is 17.8 Å². The lowest BCUT2D eigenvalue weighted by atomic mass is 9.78. The molecule has 0 N–H and O–H groups in total. The highest BCUT2D eigenvalue weighted by atomic mass is 19.4. The van der Waals surface area contributed by atoms with Crippen molar-refractivity contribution in [3.63, 3.8) is 0 Å². The lowest BCUT2D eigenvalue weighted by molar-refractivity contribution is -0.202. The summed E-state index contributed by atoms with van der Waals surface area (Å²) in [7, 11) is 0. The quantitative estimate of drug-likeness (QED) is 0.593. The van der Waals surface area contributed by atoms with Gasteiger partial charge in [0, 0.05) is 0 Å². The van der Waals surface area contributed by atoms with Gasteiger partial charge in [-0.05, 0) is 18.3 Å². The Labute approximate surface area is 91.3 Å². The first kappa shape index (κ1) is 14.8. The van der Waals surface area contributed by atoms with Crippen molar-refractivity contribution in [3.8, 4) is 0 Å². The molecule has 2 atom stereocenters. The van der Waals surface area contributed by atoms with Crippen LogP contribution in [0.5, 0.6) is 0 Å². The summed E-state index contributed by atoms with van der Waals surface area (Å²) in [4.78, 5) is 0. The number of hydrogen-bond acceptors (Lipinski definition) is 0. The van der Waals surface area contributed by atoms with E-state index in [0.29, 0.717) is 12.8 Å². The minimum Gasteiger partial charge on any atom is -0.171 e. The van der Waals surface area contributed by atoms with Gasteiger partial charge in [-0.2, -0.15) is 13.2 Å². The molecule has 0 radical (unpaired) electrons. The summed E-state index contributed by atoms with van der Waals surface area (Å²) < 4.78 is 38.5. The van der Waals surface area contributed by atoms with Gasteiger partial charge in [-0.1, -0.05) is 47.0 Å². The number of halogens is 3. The number of rotatable bonds is 6. The van der Waals surface area contributed by atoms with Crippen molar-refractivity contribution in [1.82, 2.24) is 0 Å². The maximum Gasteiger partial charge on any atom is 0.392 e. The van der Waals surface area contributed by atoms with E-state index in [1.807, 2.05) is 13.8 Å². The van der Waals surface area contributed by atoms with Gasteiger partial charge in [0.25, 0.3) is 0 Å². The zero-order chi connectivity index (χ0) is 12.1. The zero-order valence-electron chi connectivity index (χ0n) is 10.2. The van der Waals surface area contributed by atoms with Gasteiger partial charge in [0.05, 0.1) is 5.92 Å². The van der Waals surface area contributed by atoms with Crippen LogP contribution in [-0.2, 0) is 0 Å². The lowest BCUT2D eigenvalue weighted by Gasteiger charge is -2.31. The van der Waals surface area contributed by atoms with E-state index < -0.39 is 12.1 Å². The van der Waals surface area contributed by atoms with E-state index in [1.165, 1.54) is 0 Å². The van der Waals surface area contributed by atoms with Crippen molar-refractivity contribution >= 4 is 0 Å². The fourth-order valence-electron chi connectivity index (χ4n) is 2.29. The molecule has 0 aliphatic carbocycles. The first-order valence-corrected chi connectivity index (χ1v) is 5.91. The molecule has 3 heteroatoms. The van der Waals surface area contributed by atoms with Crippen LogP contribution in [0.2, 0.25) is 0 Å². The molecular formula is C12H23F3. The molecule has 0 nitrogen and oxygen atoms in total. The van der Waals surface area contributed by atoms with Crippen LogP contribution in [0.15, 0.2) is 0 Å². The molecule has 0 aromatic rings. The molecule has 0 aromatic heterocycles. The Balaban J connectivity index is 4.56. The maximum atomic E-state index is 12.8. The Morgan fingerprint density at radius 1 is 1.07 bits per heavy atom. The summed E-state index contributed by atoms with van der Waals surface area (Å²) in [5.74, 6) is -1.65. The molecule has 1 unspecified atom stereocenters. The van der Waals surface area contributed by atoms with E-state index in [9.17, 15) is 13.2 Å². The number of unbranched alkanes of at least 4 members (excludes halogenated alkanes) is 1. The first-order valence-electron chi connectivity index (χ1n) is 5.91. The second-order valence-electron chi connectivity index (χ2n) is 4.62. The molecule has 0 amide bonds. The predicted octanol–water partition coefficient (Wildman–Crippen LogP) is 5.04. The topological polar surface area (TPSA) is 0 Å². The standard InChI is InChI=1S/C12H23F3/c1-5-7-8-10(6-2)11(9(3)4)12(13,14)15/h9-11H,5-8H2,1-4H3/t10?,11-/m0/s1. The molecule has 0 saturated carbocycles. The van der Waals surface area contributed by atoms with E-state index >= 15 is 0 Å². The van der Waals surface area contributed by atoms with Crippen LogP contribution in [0.3, 0.4) is 0 Å². The minimum atomic E-state index is -4.04. The lowest BCUT2D eigenvalue weighted by Crippen LogP contribution is -2.34. The van der Waals surface area contributed by atoms with Gasteiger partial charge < -0.3 is 0 Å². The third kappa shape index (κ3) is 4.89. The van der Waals surface area contributed by atoms with Crippen LogP contribution in [0.4, 0.5) is 13.2 Å². The van der Waals surface area contributed by atoms with Gasteiger partial charge in [0.2, 0.25) is 0 Å². The van der Waals surface area contributed by atoms with Crippen molar-refractivity contribution in [2.45, 2.75) is 59.6 Å². The fraction of sp³-hybridized carbons (Fsp3) is 1.00. The Morgan fingerprint density at radius 2 is 1.60 bits per heavy atom. The average molecular weight is 224 g/mol. The monoisotopic (exact) mass is 224 g/mol. The number of alkyl halides is 3. The van der Waals surface area contributed by atoms with E-state index in [1.54, 1.807) is 13.8 Å². The van der Waals surface area contributed by atoms with E-state index in [-0.39, 0.29) is 11.8 Å². The molecule has 0 heterocycles. The highest BCUT2D eigenvalue weighted by molar-refractivity contribution is 4.78. The van der Waals surface area contributed by atoms with Gasteiger partial charge in [0.15, 0.2) is 0 Å². The van der Waals surface area contributed by atoms with Gasteiger partial charge in [-0.15, -0.1) is 0 Å². The van der Waals surface area contributed by atoms with Crippen LogP contribution < -0.4 is 0 Å². The average Bonchev–Trinajstić information content (AvgIpc) is 2.08. The fourth-order valence-corrected chi connectivity index (χ4v) is 2.29. The Morgan fingerprint density at radius 3 is 1.87 bits per heavy atom. The third-order valence-corrected chi connectivity index (χ3v) is 3.06. The van der Waals surface area contributed by atoms with Crippen LogP contribution in [0, 0.1) is 17.8 Å². The molecule has 0 aromatic carbocycles. The molecule has 15 heavy (non-hydrogen) atoms. The number of hydrogen-bond donors (Lipinski definition) is 0. The summed E-state index contributed by atoms with van der Waals surface area (Å²) in [6, 6.07) is 0. The predicted molar refractivity (Wildman–Crippen MR) is 57.7 cm³/mol. The van der Waals surface area contributed by atoms with Gasteiger partial charge in [0.1, 0.15) is 0 Å². The van der Waals surface area contributed by atoms with Crippen LogP contribution in [-0.4, -0.2) is 6.18 Å². The van der Waals surface area contributed by atoms with Crippen LogP contribution >= 0.6 is 0 Å². The molecule has 0 fully saturated rings. The Bertz CT molecular complexity index is 161. The summed E-state index contributed by atoms with van der Waals surface area (Å²) >= 11 is 0. The highest BCUT2D eigenvalue weighted by Gasteiger charge is 2.45. The van der Waals surface area contributed by atoms with Crippen molar-refractivity contribution < 1.29 is 13.2 Å². The largest absolute Gasteiger partial charge is 0.392 e. The maximum absolute atomic E-state index is 12.8. The molecule has 0 aliphatic heterocycles. The van der Waals surface area contributed by atoms with E-state index in [0.717, 1.165) is 12.8 Å². The molecule has 0 aliphatic rings. The van der Waals surface area contributed by atoms with Gasteiger partial charge >= 0.3 is 6.18 Å². The summed E-state index contributed by atoms with van der Waals surface area (Å²) in [6.07, 6.45) is -0.836. The molecular weight excluding hydrogens is 201 g/mol. The minimum absolute atomic E-state index is 0.204. The Hall–Kier alpha value is -0.210. The first-order chi connectivity index (χ1) is 6.84. The molecule has 0 spiro atoms. The molecule has 92 valence electrons. The van der Waals surface area contributed by atoms with Crippen LogP contribution in [0.1, 0.15) is 53.4 Å². The zero-order valence-corrected chi connectivity index (χ0v) is 10.2. The second kappa shape index (κ2) is 6.39. The van der Waals surface area contributed by atoms with E-state index in [2.05, 4.69) is 0 Å². The summed E-state index contributed by atoms with van der Waals surface area (Å²) in [5.41, 5.74) is 0. The smallest absolute Gasteiger partial charge is 0.171 e. The summed E-state index contributed by atoms with van der Waals surface area (Å²) in [6.45, 7) is 7.23. The summed E-state index contributed by atoms with van der Waals surface area (Å²) in [5, 5.41) is 0.